The number of benzene rings is 9. The molecule has 2 aliphatic rings. The van der Waals surface area contributed by atoms with Gasteiger partial charge in [0.2, 0.25) is 0 Å². The lowest BCUT2D eigenvalue weighted by Crippen LogP contribution is -2.59. The molecule has 0 unspecified atom stereocenters. The van der Waals surface area contributed by atoms with Gasteiger partial charge in [0.05, 0.1) is 11.0 Å². The van der Waals surface area contributed by atoms with E-state index in [0.29, 0.717) is 0 Å². The summed E-state index contributed by atoms with van der Waals surface area (Å²) in [7, 11) is 0. The maximum atomic E-state index is 7.15. The molecule has 4 heteroatoms. The number of hydrogen-bond acceptors (Lipinski definition) is 2. The number of hydrogen-bond donors (Lipinski definition) is 0. The third-order valence-corrected chi connectivity index (χ3v) is 12.0. The van der Waals surface area contributed by atoms with E-state index in [2.05, 4.69) is 222 Å². The third-order valence-electron chi connectivity index (χ3n) is 12.0. The lowest BCUT2D eigenvalue weighted by atomic mass is 9.44. The summed E-state index contributed by atoms with van der Waals surface area (Å²) < 4.78 is 9.53. The zero-order chi connectivity index (χ0) is 38.2. The van der Waals surface area contributed by atoms with Crippen LogP contribution in [-0.2, 0) is 0 Å². The zero-order valence-electron chi connectivity index (χ0n) is 31.6. The summed E-state index contributed by atoms with van der Waals surface area (Å²) in [6, 6.07) is 76.8. The van der Waals surface area contributed by atoms with E-state index in [4.69, 9.17) is 4.74 Å². The summed E-state index contributed by atoms with van der Waals surface area (Å²) in [6.45, 7) is -0.128. The van der Waals surface area contributed by atoms with Gasteiger partial charge in [-0.3, -0.25) is 0 Å². The maximum Gasteiger partial charge on any atom is 0.336 e. The molecule has 3 heterocycles. The maximum absolute atomic E-state index is 7.15. The van der Waals surface area contributed by atoms with Crippen molar-refractivity contribution in [3.05, 3.63) is 212 Å². The van der Waals surface area contributed by atoms with Crippen molar-refractivity contribution in [2.75, 3.05) is 4.81 Å². The van der Waals surface area contributed by atoms with Crippen LogP contribution in [0.25, 0.3) is 72.0 Å². The first-order valence-electron chi connectivity index (χ1n) is 20.0. The highest BCUT2D eigenvalue weighted by Crippen LogP contribution is 2.48. The highest BCUT2D eigenvalue weighted by Gasteiger charge is 2.44. The second kappa shape index (κ2) is 13.0. The molecule has 3 nitrogen and oxygen atoms in total. The van der Waals surface area contributed by atoms with E-state index in [-0.39, 0.29) is 6.85 Å². The topological polar surface area (TPSA) is 17.4 Å². The van der Waals surface area contributed by atoms with Crippen LogP contribution < -0.4 is 20.5 Å². The van der Waals surface area contributed by atoms with Gasteiger partial charge in [0.25, 0.3) is 0 Å². The van der Waals surface area contributed by atoms with E-state index in [1.165, 1.54) is 55.2 Å². The standard InChI is InChI=1S/C54H35BN2O/c1-3-16-36(17-4-1)40-33-46-45-25-10-14-29-51(45)57(50-28-13-7-22-42(50)37-18-5-2-6-19-37)55-47-31-30-39(34-52(47)58-53(35-40)54(46)55)38-20-15-21-41(32-38)56-48-26-11-8-23-43(48)44-24-9-12-27-49(44)56/h1-35H. The van der Waals surface area contributed by atoms with E-state index in [1.54, 1.807) is 0 Å². The van der Waals surface area contributed by atoms with Gasteiger partial charge in [0.15, 0.2) is 0 Å². The molecule has 0 bridgehead atoms. The number of para-hydroxylation sites is 4. The van der Waals surface area contributed by atoms with Gasteiger partial charge in [-0.2, -0.15) is 0 Å². The van der Waals surface area contributed by atoms with Crippen molar-refractivity contribution in [3.63, 3.8) is 0 Å². The Hall–Kier alpha value is -7.56. The van der Waals surface area contributed by atoms with Crippen LogP contribution in [0.4, 0.5) is 11.4 Å². The van der Waals surface area contributed by atoms with Gasteiger partial charge >= 0.3 is 6.85 Å². The van der Waals surface area contributed by atoms with Crippen LogP contribution in [0.1, 0.15) is 0 Å². The molecule has 0 amide bonds. The van der Waals surface area contributed by atoms with Gasteiger partial charge in [-0.1, -0.05) is 158 Å². The molecule has 0 saturated carbocycles. The summed E-state index contributed by atoms with van der Waals surface area (Å²) in [4.78, 5) is 2.55. The van der Waals surface area contributed by atoms with Crippen molar-refractivity contribution in [2.45, 2.75) is 0 Å². The van der Waals surface area contributed by atoms with Gasteiger partial charge in [0, 0.05) is 44.4 Å². The molecule has 0 spiro atoms. The van der Waals surface area contributed by atoms with Crippen LogP contribution >= 0.6 is 0 Å². The van der Waals surface area contributed by atoms with E-state index in [1.807, 2.05) is 0 Å². The summed E-state index contributed by atoms with van der Waals surface area (Å²) in [6.07, 6.45) is 0. The molecule has 58 heavy (non-hydrogen) atoms. The monoisotopic (exact) mass is 738 g/mol. The Kier molecular flexibility index (Phi) is 7.33. The van der Waals surface area contributed by atoms with Crippen molar-refractivity contribution in [1.29, 1.82) is 0 Å². The van der Waals surface area contributed by atoms with Gasteiger partial charge in [-0.25, -0.2) is 0 Å². The minimum absolute atomic E-state index is 0.128. The summed E-state index contributed by atoms with van der Waals surface area (Å²) in [5, 5.41) is 2.51. The molecule has 0 saturated heterocycles. The minimum Gasteiger partial charge on any atom is -0.458 e. The second-order valence-corrected chi connectivity index (χ2v) is 15.2. The first kappa shape index (κ1) is 32.7. The molecule has 0 fully saturated rings. The molecule has 0 N–H and O–H groups in total. The lowest BCUT2D eigenvalue weighted by Gasteiger charge is -2.43. The summed E-state index contributed by atoms with van der Waals surface area (Å²) in [5.41, 5.74) is 17.5. The Labute approximate surface area is 337 Å². The van der Waals surface area contributed by atoms with Crippen molar-refractivity contribution in [1.82, 2.24) is 4.57 Å². The van der Waals surface area contributed by atoms with Gasteiger partial charge in [-0.15, -0.1) is 0 Å². The molecule has 0 atom stereocenters. The Morgan fingerprint density at radius 2 is 0.931 bits per heavy atom. The average Bonchev–Trinajstić information content (AvgIpc) is 3.64. The highest BCUT2D eigenvalue weighted by molar-refractivity contribution is 6.92. The van der Waals surface area contributed by atoms with Gasteiger partial charge < -0.3 is 14.1 Å². The Balaban J connectivity index is 1.06. The Morgan fingerprint density at radius 1 is 0.362 bits per heavy atom. The van der Waals surface area contributed by atoms with E-state index < -0.39 is 0 Å². The fraction of sp³-hybridized carbons (Fsp3) is 0. The fourth-order valence-electron chi connectivity index (χ4n) is 9.47. The van der Waals surface area contributed by atoms with Crippen molar-refractivity contribution < 1.29 is 4.74 Å². The zero-order valence-corrected chi connectivity index (χ0v) is 31.6. The number of anilines is 2. The number of fused-ring (bicyclic) bond motifs is 7. The quantitative estimate of drug-likeness (QED) is 0.164. The number of ether oxygens (including phenoxy) is 1. The Bertz CT molecular complexity index is 3170. The van der Waals surface area contributed by atoms with Crippen molar-refractivity contribution in [3.8, 4) is 61.7 Å². The normalized spacial score (nSPS) is 12.6. The fourth-order valence-corrected chi connectivity index (χ4v) is 9.47. The number of aromatic nitrogens is 1. The van der Waals surface area contributed by atoms with Crippen LogP contribution in [0.5, 0.6) is 11.5 Å². The first-order chi connectivity index (χ1) is 28.8. The third kappa shape index (κ3) is 5.02. The van der Waals surface area contributed by atoms with Crippen LogP contribution in [0.3, 0.4) is 0 Å². The average molecular weight is 739 g/mol. The smallest absolute Gasteiger partial charge is 0.336 e. The van der Waals surface area contributed by atoms with Crippen LogP contribution in [-0.4, -0.2) is 11.4 Å². The molecule has 10 aromatic rings. The van der Waals surface area contributed by atoms with Crippen LogP contribution in [0, 0.1) is 0 Å². The van der Waals surface area contributed by atoms with Crippen molar-refractivity contribution >= 4 is 51.0 Å². The van der Waals surface area contributed by atoms with E-state index in [0.717, 1.165) is 50.6 Å². The Morgan fingerprint density at radius 3 is 1.67 bits per heavy atom. The SMILES string of the molecule is c1ccc(-c2cc3c4c(c2)-c2ccccc2N(c2ccccc2-c2ccccc2)B4c2ccc(-c4cccc(-n5c6ccccc6c6ccccc65)c4)cc2O3)cc1. The first-order valence-corrected chi connectivity index (χ1v) is 20.0. The van der Waals surface area contributed by atoms with Crippen LogP contribution in [0.2, 0.25) is 0 Å². The van der Waals surface area contributed by atoms with Crippen LogP contribution in [0.15, 0.2) is 212 Å². The molecular formula is C54H35BN2O. The molecule has 270 valence electrons. The molecule has 9 aromatic carbocycles. The minimum atomic E-state index is -0.128. The predicted octanol–water partition coefficient (Wildman–Crippen LogP) is 12.8. The van der Waals surface area contributed by atoms with Gasteiger partial charge in [0.1, 0.15) is 11.5 Å². The largest absolute Gasteiger partial charge is 0.458 e. The van der Waals surface area contributed by atoms with E-state index >= 15 is 0 Å². The molecule has 1 aromatic heterocycles. The summed E-state index contributed by atoms with van der Waals surface area (Å²) >= 11 is 0. The second-order valence-electron chi connectivity index (χ2n) is 15.2. The van der Waals surface area contributed by atoms with E-state index in [9.17, 15) is 0 Å². The molecule has 2 aliphatic heterocycles. The van der Waals surface area contributed by atoms with Crippen molar-refractivity contribution in [2.24, 2.45) is 0 Å². The predicted molar refractivity (Wildman–Crippen MR) is 243 cm³/mol. The number of rotatable bonds is 5. The highest BCUT2D eigenvalue weighted by atomic mass is 16.5. The summed E-state index contributed by atoms with van der Waals surface area (Å²) in [5.74, 6) is 1.76. The molecular weight excluding hydrogens is 703 g/mol. The molecule has 12 rings (SSSR count). The molecule has 0 aliphatic carbocycles. The van der Waals surface area contributed by atoms with Gasteiger partial charge in [-0.05, 0) is 93.4 Å². The number of nitrogens with zero attached hydrogens (tertiary/aromatic N) is 2. The molecule has 0 radical (unpaired) electrons. The lowest BCUT2D eigenvalue weighted by molar-refractivity contribution is 0.487.